The van der Waals surface area contributed by atoms with E-state index >= 15 is 0 Å². The van der Waals surface area contributed by atoms with Gasteiger partial charge in [-0.3, -0.25) is 10.1 Å². The van der Waals surface area contributed by atoms with Gasteiger partial charge >= 0.3 is 0 Å². The van der Waals surface area contributed by atoms with Crippen LogP contribution in [-0.4, -0.2) is 10.5 Å². The standard InChI is InChI=1S/C10H5N3O3/c11-5-10(6-12)9(16-10)7-3-1-2-4-8(7)13(14)15/h1-4,9H. The number of nitriles is 2. The van der Waals surface area contributed by atoms with Crippen molar-refractivity contribution in [2.45, 2.75) is 11.7 Å². The Balaban J connectivity index is 2.43. The van der Waals surface area contributed by atoms with Crippen LogP contribution >= 0.6 is 0 Å². The summed E-state index contributed by atoms with van der Waals surface area (Å²) in [4.78, 5) is 10.2. The Hall–Kier alpha value is -2.44. The van der Waals surface area contributed by atoms with Crippen LogP contribution in [-0.2, 0) is 4.74 Å². The highest BCUT2D eigenvalue weighted by molar-refractivity contribution is 5.49. The van der Waals surface area contributed by atoms with Gasteiger partial charge in [-0.2, -0.15) is 10.5 Å². The summed E-state index contributed by atoms with van der Waals surface area (Å²) in [5.74, 6) is 0. The summed E-state index contributed by atoms with van der Waals surface area (Å²) in [6.07, 6.45) is -0.830. The monoisotopic (exact) mass is 215 g/mol. The van der Waals surface area contributed by atoms with E-state index in [1.807, 2.05) is 0 Å². The fourth-order valence-electron chi connectivity index (χ4n) is 1.50. The lowest BCUT2D eigenvalue weighted by atomic mass is 10.0. The maximum atomic E-state index is 10.7. The second-order valence-electron chi connectivity index (χ2n) is 3.27. The lowest BCUT2D eigenvalue weighted by Gasteiger charge is -1.97. The smallest absolute Gasteiger partial charge is 0.275 e. The van der Waals surface area contributed by atoms with Gasteiger partial charge in [0, 0.05) is 6.07 Å². The zero-order chi connectivity index (χ0) is 11.8. The molecule has 1 heterocycles. The van der Waals surface area contributed by atoms with Gasteiger partial charge in [-0.15, -0.1) is 0 Å². The number of nitro benzene ring substituents is 1. The molecule has 0 N–H and O–H groups in total. The van der Waals surface area contributed by atoms with E-state index in [0.717, 1.165) is 0 Å². The van der Waals surface area contributed by atoms with Gasteiger partial charge in [-0.05, 0) is 6.07 Å². The van der Waals surface area contributed by atoms with Crippen molar-refractivity contribution in [3.8, 4) is 12.1 Å². The Morgan fingerprint density at radius 3 is 2.50 bits per heavy atom. The Bertz CT molecular complexity index is 527. The molecule has 6 heteroatoms. The maximum absolute atomic E-state index is 10.7. The molecule has 0 spiro atoms. The van der Waals surface area contributed by atoms with E-state index in [9.17, 15) is 10.1 Å². The molecule has 6 nitrogen and oxygen atoms in total. The van der Waals surface area contributed by atoms with Crippen LogP contribution in [0.15, 0.2) is 24.3 Å². The van der Waals surface area contributed by atoms with Crippen LogP contribution in [0.3, 0.4) is 0 Å². The van der Waals surface area contributed by atoms with Gasteiger partial charge in [0.15, 0.2) is 0 Å². The summed E-state index contributed by atoms with van der Waals surface area (Å²) in [7, 11) is 0. The molecule has 1 aliphatic heterocycles. The van der Waals surface area contributed by atoms with Crippen LogP contribution in [0.4, 0.5) is 5.69 Å². The summed E-state index contributed by atoms with van der Waals surface area (Å²) < 4.78 is 4.95. The number of benzene rings is 1. The largest absolute Gasteiger partial charge is 0.332 e. The molecule has 1 atom stereocenters. The van der Waals surface area contributed by atoms with Gasteiger partial charge in [0.25, 0.3) is 11.3 Å². The number of hydrogen-bond donors (Lipinski definition) is 0. The quantitative estimate of drug-likeness (QED) is 0.422. The predicted octanol–water partition coefficient (Wildman–Crippen LogP) is 1.45. The fourth-order valence-corrected chi connectivity index (χ4v) is 1.50. The molecule has 0 amide bonds. The summed E-state index contributed by atoms with van der Waals surface area (Å²) in [6, 6.07) is 9.34. The van der Waals surface area contributed by atoms with Crippen molar-refractivity contribution in [3.63, 3.8) is 0 Å². The molecule has 16 heavy (non-hydrogen) atoms. The zero-order valence-electron chi connectivity index (χ0n) is 7.95. The molecule has 0 radical (unpaired) electrons. The molecule has 2 rings (SSSR count). The molecule has 78 valence electrons. The third-order valence-corrected chi connectivity index (χ3v) is 2.36. The topological polar surface area (TPSA) is 103 Å². The first-order valence-corrected chi connectivity index (χ1v) is 4.38. The van der Waals surface area contributed by atoms with Crippen molar-refractivity contribution < 1.29 is 9.66 Å². The number of ether oxygens (including phenoxy) is 1. The van der Waals surface area contributed by atoms with Crippen molar-refractivity contribution in [1.29, 1.82) is 10.5 Å². The number of nitrogens with zero attached hydrogens (tertiary/aromatic N) is 3. The predicted molar refractivity (Wildman–Crippen MR) is 50.9 cm³/mol. The highest BCUT2D eigenvalue weighted by atomic mass is 16.6. The van der Waals surface area contributed by atoms with Crippen molar-refractivity contribution in [1.82, 2.24) is 0 Å². The number of rotatable bonds is 2. The van der Waals surface area contributed by atoms with E-state index in [1.54, 1.807) is 18.2 Å². The fraction of sp³-hybridized carbons (Fsp3) is 0.200. The Morgan fingerprint density at radius 2 is 2.00 bits per heavy atom. The van der Waals surface area contributed by atoms with Gasteiger partial charge < -0.3 is 4.74 Å². The number of hydrogen-bond acceptors (Lipinski definition) is 5. The van der Waals surface area contributed by atoms with Crippen LogP contribution < -0.4 is 0 Å². The van der Waals surface area contributed by atoms with Gasteiger partial charge in [0.2, 0.25) is 0 Å². The van der Waals surface area contributed by atoms with Crippen LogP contribution in [0.25, 0.3) is 0 Å². The van der Waals surface area contributed by atoms with E-state index in [0.29, 0.717) is 0 Å². The molecule has 1 saturated heterocycles. The highest BCUT2D eigenvalue weighted by Crippen LogP contribution is 2.51. The first-order valence-electron chi connectivity index (χ1n) is 4.38. The minimum absolute atomic E-state index is 0.139. The first kappa shape index (κ1) is 10.1. The number of epoxide rings is 1. The maximum Gasteiger partial charge on any atom is 0.275 e. The number of para-hydroxylation sites is 1. The molecule has 1 aliphatic rings. The third-order valence-electron chi connectivity index (χ3n) is 2.36. The first-order chi connectivity index (χ1) is 7.64. The van der Waals surface area contributed by atoms with Crippen LogP contribution in [0.1, 0.15) is 11.7 Å². The van der Waals surface area contributed by atoms with Crippen molar-refractivity contribution >= 4 is 5.69 Å². The molecule has 0 bridgehead atoms. The summed E-state index contributed by atoms with van der Waals surface area (Å²) in [6.45, 7) is 0. The minimum atomic E-state index is -1.56. The highest BCUT2D eigenvalue weighted by Gasteiger charge is 2.61. The average molecular weight is 215 g/mol. The summed E-state index contributed by atoms with van der Waals surface area (Å²) in [5, 5.41) is 28.2. The minimum Gasteiger partial charge on any atom is -0.332 e. The normalized spacial score (nSPS) is 20.5. The van der Waals surface area contributed by atoms with Crippen LogP contribution in [0.2, 0.25) is 0 Å². The van der Waals surface area contributed by atoms with Crippen LogP contribution in [0.5, 0.6) is 0 Å². The second kappa shape index (κ2) is 3.30. The SMILES string of the molecule is N#CC1(C#N)OC1c1ccccc1[N+](=O)[O-]. The van der Waals surface area contributed by atoms with E-state index in [-0.39, 0.29) is 11.3 Å². The molecule has 1 aromatic rings. The van der Waals surface area contributed by atoms with Crippen molar-refractivity contribution in [2.24, 2.45) is 0 Å². The second-order valence-corrected chi connectivity index (χ2v) is 3.27. The molecule has 0 aromatic heterocycles. The van der Waals surface area contributed by atoms with Crippen molar-refractivity contribution in [3.05, 3.63) is 39.9 Å². The molecular weight excluding hydrogens is 210 g/mol. The van der Waals surface area contributed by atoms with E-state index in [2.05, 4.69) is 0 Å². The molecular formula is C10H5N3O3. The van der Waals surface area contributed by atoms with Gasteiger partial charge in [0.1, 0.15) is 18.2 Å². The van der Waals surface area contributed by atoms with E-state index < -0.39 is 16.6 Å². The number of nitro groups is 1. The molecule has 1 fully saturated rings. The zero-order valence-corrected chi connectivity index (χ0v) is 7.95. The summed E-state index contributed by atoms with van der Waals surface area (Å²) >= 11 is 0. The molecule has 1 unspecified atom stereocenters. The third kappa shape index (κ3) is 1.29. The summed E-state index contributed by atoms with van der Waals surface area (Å²) in [5.41, 5.74) is -1.44. The van der Waals surface area contributed by atoms with Gasteiger partial charge in [0.05, 0.1) is 10.5 Å². The Morgan fingerprint density at radius 1 is 1.38 bits per heavy atom. The van der Waals surface area contributed by atoms with Gasteiger partial charge in [-0.1, -0.05) is 12.1 Å². The molecule has 1 aromatic carbocycles. The average Bonchev–Trinajstić information content (AvgIpc) is 3.04. The van der Waals surface area contributed by atoms with Gasteiger partial charge in [-0.25, -0.2) is 0 Å². The van der Waals surface area contributed by atoms with E-state index in [1.165, 1.54) is 18.2 Å². The lowest BCUT2D eigenvalue weighted by molar-refractivity contribution is -0.385. The lowest BCUT2D eigenvalue weighted by Crippen LogP contribution is -2.05. The van der Waals surface area contributed by atoms with E-state index in [4.69, 9.17) is 15.3 Å². The molecule has 0 aliphatic carbocycles. The molecule has 0 saturated carbocycles. The van der Waals surface area contributed by atoms with Crippen LogP contribution in [0, 0.1) is 32.8 Å². The Labute approximate surface area is 90.4 Å². The Kier molecular flexibility index (Phi) is 2.08. The van der Waals surface area contributed by atoms with Crippen molar-refractivity contribution in [2.75, 3.05) is 0 Å².